The molecule has 0 radical (unpaired) electrons. The fourth-order valence-electron chi connectivity index (χ4n) is 4.51. The van der Waals surface area contributed by atoms with E-state index in [0.717, 1.165) is 11.1 Å². The largest absolute Gasteiger partial charge is 0.478 e. The Morgan fingerprint density at radius 3 is 1.81 bits per heavy atom. The number of carbonyl (C=O) groups excluding carboxylic acids is 1. The molecular weight excluding hydrogens is 334 g/mol. The highest BCUT2D eigenvalue weighted by atomic mass is 16.7. The van der Waals surface area contributed by atoms with Gasteiger partial charge >= 0.3 is 11.9 Å². The maximum Gasteiger partial charge on any atom is 0.336 e. The smallest absolute Gasteiger partial charge is 0.336 e. The quantitative estimate of drug-likeness (QED) is 0.768. The van der Waals surface area contributed by atoms with E-state index >= 15 is 0 Å². The number of aliphatic hydroxyl groups is 1. The molecule has 6 nitrogen and oxygen atoms in total. The Labute approximate surface area is 154 Å². The van der Waals surface area contributed by atoms with Crippen molar-refractivity contribution in [1.29, 1.82) is 0 Å². The summed E-state index contributed by atoms with van der Waals surface area (Å²) in [7, 11) is 0. The third-order valence-corrected chi connectivity index (χ3v) is 5.98. The predicted molar refractivity (Wildman–Crippen MR) is 97.4 cm³/mol. The summed E-state index contributed by atoms with van der Waals surface area (Å²) in [6, 6.07) is 3.45. The molecule has 1 aliphatic rings. The minimum absolute atomic E-state index is 0.100. The van der Waals surface area contributed by atoms with E-state index in [9.17, 15) is 19.8 Å². The second-order valence-corrected chi connectivity index (χ2v) is 6.87. The van der Waals surface area contributed by atoms with Crippen molar-refractivity contribution in [2.45, 2.75) is 78.0 Å². The van der Waals surface area contributed by atoms with Crippen molar-refractivity contribution in [2.75, 3.05) is 0 Å². The normalized spacial score (nSPS) is 17.8. The first-order valence-electron chi connectivity index (χ1n) is 9.28. The molecule has 0 fully saturated rings. The van der Waals surface area contributed by atoms with Gasteiger partial charge in [0.25, 0.3) is 0 Å². The Hall–Kier alpha value is -1.92. The molecule has 1 aromatic carbocycles. The van der Waals surface area contributed by atoms with Crippen LogP contribution in [0.2, 0.25) is 0 Å². The fraction of sp³-hybridized carbons (Fsp3) is 0.600. The van der Waals surface area contributed by atoms with E-state index in [0.29, 0.717) is 31.2 Å². The van der Waals surface area contributed by atoms with Gasteiger partial charge in [0, 0.05) is 6.92 Å². The topological polar surface area (TPSA) is 87.1 Å². The molecule has 1 aliphatic heterocycles. The highest BCUT2D eigenvalue weighted by Crippen LogP contribution is 2.56. The summed E-state index contributed by atoms with van der Waals surface area (Å²) in [6.45, 7) is 9.15. The SMILES string of the molecule is CCC1(CC)c2cc(CO)c(C(=O)O)cc2C(CC)(CC)N1OC(C)=O. The summed E-state index contributed by atoms with van der Waals surface area (Å²) >= 11 is 0. The van der Waals surface area contributed by atoms with Crippen LogP contribution in [-0.2, 0) is 27.3 Å². The van der Waals surface area contributed by atoms with Gasteiger partial charge in [-0.1, -0.05) is 33.8 Å². The van der Waals surface area contributed by atoms with Crippen LogP contribution in [0.4, 0.5) is 0 Å². The number of nitrogens with zero attached hydrogens (tertiary/aromatic N) is 1. The van der Waals surface area contributed by atoms with Gasteiger partial charge in [0.1, 0.15) is 0 Å². The Balaban J connectivity index is 2.90. The molecule has 0 unspecified atom stereocenters. The van der Waals surface area contributed by atoms with Crippen LogP contribution in [0.1, 0.15) is 87.4 Å². The molecule has 0 spiro atoms. The Morgan fingerprint density at radius 2 is 1.46 bits per heavy atom. The molecule has 26 heavy (non-hydrogen) atoms. The molecule has 0 saturated carbocycles. The van der Waals surface area contributed by atoms with Crippen molar-refractivity contribution in [1.82, 2.24) is 5.06 Å². The molecule has 0 saturated heterocycles. The number of fused-ring (bicyclic) bond motifs is 1. The molecule has 1 aromatic rings. The number of carbonyl (C=O) groups is 2. The Morgan fingerprint density at radius 1 is 1.00 bits per heavy atom. The second-order valence-electron chi connectivity index (χ2n) is 6.87. The van der Waals surface area contributed by atoms with Crippen molar-refractivity contribution in [3.05, 3.63) is 34.4 Å². The van der Waals surface area contributed by atoms with Crippen LogP contribution in [0, 0.1) is 0 Å². The van der Waals surface area contributed by atoms with Gasteiger partial charge in [-0.3, -0.25) is 4.79 Å². The average Bonchev–Trinajstić information content (AvgIpc) is 2.85. The highest BCUT2D eigenvalue weighted by Gasteiger charge is 2.58. The Bertz CT molecular complexity index is 704. The molecule has 144 valence electrons. The molecule has 2 rings (SSSR count). The van der Waals surface area contributed by atoms with Gasteiger partial charge in [0.2, 0.25) is 0 Å². The molecule has 0 aromatic heterocycles. The number of carboxylic acid groups (broad SMARTS) is 1. The summed E-state index contributed by atoms with van der Waals surface area (Å²) in [5, 5.41) is 21.1. The van der Waals surface area contributed by atoms with Crippen LogP contribution < -0.4 is 0 Å². The van der Waals surface area contributed by atoms with Gasteiger partial charge in [-0.25, -0.2) is 4.79 Å². The van der Waals surface area contributed by atoms with Gasteiger partial charge in [-0.05, 0) is 48.4 Å². The lowest BCUT2D eigenvalue weighted by Crippen LogP contribution is -2.51. The van der Waals surface area contributed by atoms with E-state index < -0.39 is 23.0 Å². The van der Waals surface area contributed by atoms with E-state index in [1.54, 1.807) is 17.2 Å². The lowest BCUT2D eigenvalue weighted by atomic mass is 9.80. The van der Waals surface area contributed by atoms with Gasteiger partial charge in [-0.2, -0.15) is 0 Å². The lowest BCUT2D eigenvalue weighted by Gasteiger charge is -2.44. The zero-order chi connectivity index (χ0) is 19.7. The fourth-order valence-corrected chi connectivity index (χ4v) is 4.51. The zero-order valence-electron chi connectivity index (χ0n) is 16.3. The van der Waals surface area contributed by atoms with E-state index in [1.165, 1.54) is 6.92 Å². The van der Waals surface area contributed by atoms with Crippen LogP contribution >= 0.6 is 0 Å². The minimum Gasteiger partial charge on any atom is -0.478 e. The molecule has 1 heterocycles. The molecule has 6 heteroatoms. The molecule has 0 amide bonds. The van der Waals surface area contributed by atoms with Gasteiger partial charge < -0.3 is 15.1 Å². The van der Waals surface area contributed by atoms with Crippen LogP contribution in [0.5, 0.6) is 0 Å². The number of carboxylic acids is 1. The van der Waals surface area contributed by atoms with Crippen LogP contribution in [0.15, 0.2) is 12.1 Å². The summed E-state index contributed by atoms with van der Waals surface area (Å²) in [5.41, 5.74) is 1.17. The maximum absolute atomic E-state index is 11.9. The predicted octanol–water partition coefficient (Wildman–Crippen LogP) is 3.70. The first-order chi connectivity index (χ1) is 12.3. The number of rotatable bonds is 7. The number of hydrogen-bond donors (Lipinski definition) is 2. The minimum atomic E-state index is -1.07. The van der Waals surface area contributed by atoms with Crippen molar-refractivity contribution >= 4 is 11.9 Å². The molecular formula is C20H29NO5. The van der Waals surface area contributed by atoms with E-state index in [1.807, 2.05) is 27.7 Å². The highest BCUT2D eigenvalue weighted by molar-refractivity contribution is 5.90. The van der Waals surface area contributed by atoms with Crippen molar-refractivity contribution in [3.63, 3.8) is 0 Å². The van der Waals surface area contributed by atoms with Gasteiger partial charge in [0.15, 0.2) is 0 Å². The second kappa shape index (κ2) is 7.37. The number of aliphatic hydroxyl groups excluding tert-OH is 1. The monoisotopic (exact) mass is 363 g/mol. The molecule has 0 bridgehead atoms. The Kier molecular flexibility index (Phi) is 5.78. The zero-order valence-corrected chi connectivity index (χ0v) is 16.3. The van der Waals surface area contributed by atoms with Gasteiger partial charge in [0.05, 0.1) is 23.2 Å². The van der Waals surface area contributed by atoms with E-state index in [2.05, 4.69) is 0 Å². The summed E-state index contributed by atoms with van der Waals surface area (Å²) < 4.78 is 0. The maximum atomic E-state index is 11.9. The van der Waals surface area contributed by atoms with Crippen LogP contribution in [0.25, 0.3) is 0 Å². The third-order valence-electron chi connectivity index (χ3n) is 5.98. The standard InChI is InChI=1S/C20H29NO5/c1-6-19(7-2)16-10-14(12-22)15(18(24)25)11-17(16)20(8-3,9-4)21(19)26-13(5)23/h10-11,22H,6-9,12H2,1-5H3,(H,24,25). The van der Waals surface area contributed by atoms with Crippen LogP contribution in [-0.4, -0.2) is 27.2 Å². The van der Waals surface area contributed by atoms with E-state index in [-0.39, 0.29) is 12.2 Å². The van der Waals surface area contributed by atoms with Crippen molar-refractivity contribution < 1.29 is 24.6 Å². The van der Waals surface area contributed by atoms with Crippen molar-refractivity contribution in [2.24, 2.45) is 0 Å². The summed E-state index contributed by atoms with van der Waals surface area (Å²) in [4.78, 5) is 29.4. The first-order valence-corrected chi connectivity index (χ1v) is 9.28. The summed E-state index contributed by atoms with van der Waals surface area (Å²) in [6.07, 6.45) is 2.73. The number of hydrogen-bond acceptors (Lipinski definition) is 5. The van der Waals surface area contributed by atoms with Crippen molar-refractivity contribution in [3.8, 4) is 0 Å². The number of hydroxylamine groups is 2. The number of aromatic carboxylic acids is 1. The number of benzene rings is 1. The summed E-state index contributed by atoms with van der Waals surface area (Å²) in [5.74, 6) is -1.46. The van der Waals surface area contributed by atoms with Gasteiger partial charge in [-0.15, -0.1) is 5.06 Å². The van der Waals surface area contributed by atoms with Crippen LogP contribution in [0.3, 0.4) is 0 Å². The average molecular weight is 363 g/mol. The lowest BCUT2D eigenvalue weighted by molar-refractivity contribution is -0.264. The molecule has 2 N–H and O–H groups in total. The third kappa shape index (κ3) is 2.72. The molecule has 0 atom stereocenters. The molecule has 0 aliphatic carbocycles. The first kappa shape index (κ1) is 20.4. The van der Waals surface area contributed by atoms with E-state index in [4.69, 9.17) is 4.84 Å².